The minimum absolute atomic E-state index is 0.111. The fraction of sp³-hybridized carbons (Fsp3) is 0.306. The van der Waals surface area contributed by atoms with Crippen LogP contribution >= 0.6 is 45.8 Å². The largest absolute Gasteiger partial charge is 0.493 e. The van der Waals surface area contributed by atoms with E-state index in [2.05, 4.69) is 55.0 Å². The number of fused-ring (bicyclic) bond motifs is 2. The molecule has 0 spiro atoms. The topological polar surface area (TPSA) is 91.8 Å². The fourth-order valence-corrected chi connectivity index (χ4v) is 9.81. The number of aromatic nitrogens is 4. The van der Waals surface area contributed by atoms with E-state index in [1.807, 2.05) is 26.0 Å². The van der Waals surface area contributed by atoms with Gasteiger partial charge in [0.1, 0.15) is 23.1 Å². The Balaban J connectivity index is 1.20. The number of likely N-dealkylation sites (tertiary alicyclic amines) is 1. The molecule has 0 amide bonds. The lowest BCUT2D eigenvalue weighted by Gasteiger charge is -2.47. The number of halogens is 5. The van der Waals surface area contributed by atoms with E-state index in [4.69, 9.17) is 52.6 Å². The van der Waals surface area contributed by atoms with Gasteiger partial charge < -0.3 is 14.8 Å². The number of ether oxygens (including phenoxy) is 2. The number of hydrazine groups is 1. The summed E-state index contributed by atoms with van der Waals surface area (Å²) in [5.41, 5.74) is 3.83. The first-order valence-electron chi connectivity index (χ1n) is 21.7. The van der Waals surface area contributed by atoms with Gasteiger partial charge in [-0.15, -0.1) is 0 Å². The molecule has 15 heteroatoms. The van der Waals surface area contributed by atoms with E-state index in [0.717, 1.165) is 72.5 Å². The maximum atomic E-state index is 15.9. The van der Waals surface area contributed by atoms with Gasteiger partial charge in [-0.25, -0.2) is 38.7 Å². The van der Waals surface area contributed by atoms with Crippen molar-refractivity contribution in [2.45, 2.75) is 58.2 Å². The smallest absolute Gasteiger partial charge is 0.246 e. The Morgan fingerprint density at radius 3 is 1.59 bits per heavy atom. The zero-order valence-corrected chi connectivity index (χ0v) is 39.2. The molecule has 0 atom stereocenters. The molecule has 2 aliphatic rings. The molecule has 0 bridgehead atoms. The zero-order valence-electron chi connectivity index (χ0n) is 35.5. The van der Waals surface area contributed by atoms with Crippen LogP contribution in [0.1, 0.15) is 45.1 Å². The normalized spacial score (nSPS) is 15.2. The molecule has 64 heavy (non-hydrogen) atoms. The summed E-state index contributed by atoms with van der Waals surface area (Å²) in [7, 11) is 0. The van der Waals surface area contributed by atoms with Gasteiger partial charge in [0, 0.05) is 51.6 Å². The lowest BCUT2D eigenvalue weighted by molar-refractivity contribution is 0.196. The Morgan fingerprint density at radius 1 is 0.656 bits per heavy atom. The second kappa shape index (κ2) is 19.7. The second-order valence-corrected chi connectivity index (χ2v) is 17.9. The van der Waals surface area contributed by atoms with Gasteiger partial charge in [0.15, 0.2) is 0 Å². The highest BCUT2D eigenvalue weighted by molar-refractivity contribution is 14.1. The monoisotopic (exact) mass is 1010 g/mol. The summed E-state index contributed by atoms with van der Waals surface area (Å²) in [6.45, 7) is 8.81. The third kappa shape index (κ3) is 9.28. The molecular formula is C49H47Cl2F2IN8O2. The minimum atomic E-state index is -0.412. The van der Waals surface area contributed by atoms with Crippen LogP contribution in [-0.2, 0) is 6.54 Å². The Labute approximate surface area is 395 Å². The van der Waals surface area contributed by atoms with Crippen molar-refractivity contribution in [2.75, 3.05) is 49.4 Å². The zero-order chi connectivity index (χ0) is 44.3. The molecule has 0 aliphatic carbocycles. The second-order valence-electron chi connectivity index (χ2n) is 16.0. The Kier molecular flexibility index (Phi) is 13.6. The number of hydrogen-bond donors (Lipinski definition) is 1. The van der Waals surface area contributed by atoms with Gasteiger partial charge in [-0.05, 0) is 154 Å². The minimum Gasteiger partial charge on any atom is -0.493 e. The van der Waals surface area contributed by atoms with Gasteiger partial charge in [-0.2, -0.15) is 0 Å². The molecule has 1 N–H and O–H groups in total. The van der Waals surface area contributed by atoms with E-state index in [-0.39, 0.29) is 12.1 Å². The number of nitrogens with one attached hydrogen (secondary N) is 1. The maximum absolute atomic E-state index is 15.9. The third-order valence-electron chi connectivity index (χ3n) is 11.8. The summed E-state index contributed by atoms with van der Waals surface area (Å²) >= 11 is 15.5. The van der Waals surface area contributed by atoms with Crippen LogP contribution in [0.25, 0.3) is 44.3 Å². The van der Waals surface area contributed by atoms with Crippen molar-refractivity contribution in [1.29, 1.82) is 0 Å². The summed E-state index contributed by atoms with van der Waals surface area (Å²) in [5.74, 6) is 1.56. The average molecular weight is 1020 g/mol. The number of piperidine rings is 2. The SMILES string of the molecule is CCOc1cc(CN2CCC(N(c3nc(-c4ccccc4F)c4cc(Cl)ccc4n3)N(c3nc(-c4ccccc4F)c4cc(Cl)ccc4n3)C3CCNCC3)CC2)cc(OCC)c1I. The highest BCUT2D eigenvalue weighted by atomic mass is 127. The summed E-state index contributed by atoms with van der Waals surface area (Å²) in [6, 6.07) is 28.1. The fourth-order valence-electron chi connectivity index (χ4n) is 8.84. The Morgan fingerprint density at radius 2 is 1.12 bits per heavy atom. The number of rotatable bonds is 13. The molecule has 0 saturated carbocycles. The summed E-state index contributed by atoms with van der Waals surface area (Å²) in [6.07, 6.45) is 2.96. The number of anilines is 2. The van der Waals surface area contributed by atoms with Gasteiger partial charge in [0.25, 0.3) is 0 Å². The van der Waals surface area contributed by atoms with E-state index in [1.54, 1.807) is 60.7 Å². The molecule has 4 heterocycles. The van der Waals surface area contributed by atoms with Crippen LogP contribution in [0.4, 0.5) is 20.7 Å². The third-order valence-corrected chi connectivity index (χ3v) is 13.4. The first kappa shape index (κ1) is 44.3. The van der Waals surface area contributed by atoms with Crippen LogP contribution < -0.4 is 24.8 Å². The van der Waals surface area contributed by atoms with Crippen molar-refractivity contribution >= 4 is 79.5 Å². The molecule has 2 saturated heterocycles. The molecule has 9 rings (SSSR count). The molecule has 2 aromatic heterocycles. The molecule has 0 unspecified atom stereocenters. The lowest BCUT2D eigenvalue weighted by atomic mass is 10.0. The first-order chi connectivity index (χ1) is 31.2. The van der Waals surface area contributed by atoms with Crippen molar-refractivity contribution in [3.63, 3.8) is 0 Å². The summed E-state index contributed by atoms with van der Waals surface area (Å²) in [4.78, 5) is 23.5. The molecule has 2 aliphatic heterocycles. The maximum Gasteiger partial charge on any atom is 0.246 e. The van der Waals surface area contributed by atoms with Gasteiger partial charge >= 0.3 is 0 Å². The van der Waals surface area contributed by atoms with Gasteiger partial charge in [-0.3, -0.25) is 4.90 Å². The van der Waals surface area contributed by atoms with Crippen molar-refractivity contribution in [3.8, 4) is 34.0 Å². The molecule has 330 valence electrons. The molecule has 2 fully saturated rings. The van der Waals surface area contributed by atoms with Gasteiger partial charge in [-0.1, -0.05) is 47.5 Å². The van der Waals surface area contributed by atoms with Crippen LogP contribution in [0.3, 0.4) is 0 Å². The van der Waals surface area contributed by atoms with Crippen LogP contribution in [0, 0.1) is 15.2 Å². The van der Waals surface area contributed by atoms with E-state index < -0.39 is 11.6 Å². The predicted octanol–water partition coefficient (Wildman–Crippen LogP) is 11.5. The highest BCUT2D eigenvalue weighted by Gasteiger charge is 2.38. The highest BCUT2D eigenvalue weighted by Crippen LogP contribution is 2.39. The number of nitrogens with zero attached hydrogens (tertiary/aromatic N) is 7. The summed E-state index contributed by atoms with van der Waals surface area (Å²) in [5, 5.41) is 10.0. The summed E-state index contributed by atoms with van der Waals surface area (Å²) < 4.78 is 44.8. The van der Waals surface area contributed by atoms with Crippen LogP contribution in [-0.4, -0.2) is 76.3 Å². The molecule has 10 nitrogen and oxygen atoms in total. The van der Waals surface area contributed by atoms with Crippen molar-refractivity contribution in [1.82, 2.24) is 30.2 Å². The van der Waals surface area contributed by atoms with Gasteiger partial charge in [0.2, 0.25) is 11.9 Å². The van der Waals surface area contributed by atoms with Gasteiger partial charge in [0.05, 0.1) is 51.3 Å². The predicted molar refractivity (Wildman–Crippen MR) is 261 cm³/mol. The van der Waals surface area contributed by atoms with Crippen LogP contribution in [0.5, 0.6) is 11.5 Å². The van der Waals surface area contributed by atoms with E-state index in [0.29, 0.717) is 86.0 Å². The Bertz CT molecular complexity index is 2780. The standard InChI is InChI=1S/C49H47Cl2F2IN8O2/c1-3-63-43-25-30(26-44(45(43)54)64-4-2)29-60-23-19-34(20-24-60)62(49-57-42-16-14-32(51)28-38(42)47(59-49)36-10-6-8-12-40(36)53)61(33-17-21-55-22-18-33)48-56-41-15-13-31(50)27-37(41)46(58-48)35-9-5-7-11-39(35)52/h5-16,25-28,33-34,55H,3-4,17-24,29H2,1-2H3. The molecule has 7 aromatic rings. The quantitative estimate of drug-likeness (QED) is 0.0889. The number of hydrogen-bond acceptors (Lipinski definition) is 10. The number of benzene rings is 5. The van der Waals surface area contributed by atoms with Crippen LogP contribution in [0.2, 0.25) is 10.0 Å². The molecule has 5 aromatic carbocycles. The Hall–Kier alpha value is -4.93. The average Bonchev–Trinajstić information content (AvgIpc) is 3.30. The molecule has 0 radical (unpaired) electrons. The van der Waals surface area contributed by atoms with Crippen molar-refractivity contribution in [3.05, 3.63) is 128 Å². The van der Waals surface area contributed by atoms with Crippen molar-refractivity contribution in [2.24, 2.45) is 0 Å². The van der Waals surface area contributed by atoms with Crippen molar-refractivity contribution < 1.29 is 18.3 Å². The van der Waals surface area contributed by atoms with Crippen LogP contribution in [0.15, 0.2) is 97.1 Å². The first-order valence-corrected chi connectivity index (χ1v) is 23.6. The lowest BCUT2D eigenvalue weighted by Crippen LogP contribution is -2.59. The van der Waals surface area contributed by atoms with E-state index >= 15 is 8.78 Å². The van der Waals surface area contributed by atoms with E-state index in [9.17, 15) is 0 Å². The van der Waals surface area contributed by atoms with E-state index in [1.165, 1.54) is 12.1 Å². The molecular weight excluding hydrogens is 968 g/mol.